The SMILES string of the molecule is Cc1cc2ccc(Oc3ncc(Cl)cc3OCC(F)F)nc2n1C. The van der Waals surface area contributed by atoms with Crippen LogP contribution < -0.4 is 9.47 Å². The Morgan fingerprint density at radius 1 is 1.29 bits per heavy atom. The van der Waals surface area contributed by atoms with Crippen LogP contribution in [0.2, 0.25) is 5.02 Å². The minimum Gasteiger partial charge on any atom is -0.482 e. The predicted octanol–water partition coefficient (Wildman–Crippen LogP) is 4.37. The lowest BCUT2D eigenvalue weighted by Gasteiger charge is -2.11. The van der Waals surface area contributed by atoms with Crippen molar-refractivity contribution in [2.24, 2.45) is 7.05 Å². The smallest absolute Gasteiger partial charge is 0.272 e. The molecule has 3 rings (SSSR count). The van der Waals surface area contributed by atoms with E-state index in [0.717, 1.165) is 16.7 Å². The molecule has 0 amide bonds. The summed E-state index contributed by atoms with van der Waals surface area (Å²) in [5.74, 6) is 0.339. The van der Waals surface area contributed by atoms with E-state index in [2.05, 4.69) is 9.97 Å². The molecule has 0 saturated heterocycles. The molecule has 0 aliphatic rings. The van der Waals surface area contributed by atoms with E-state index >= 15 is 0 Å². The molecule has 126 valence electrons. The van der Waals surface area contributed by atoms with Gasteiger partial charge in [0.1, 0.15) is 12.3 Å². The Labute approximate surface area is 141 Å². The maximum atomic E-state index is 12.4. The average molecular weight is 354 g/mol. The number of aromatic nitrogens is 3. The van der Waals surface area contributed by atoms with Gasteiger partial charge < -0.3 is 14.0 Å². The molecule has 0 aliphatic carbocycles. The van der Waals surface area contributed by atoms with E-state index in [1.807, 2.05) is 30.7 Å². The molecule has 0 unspecified atom stereocenters. The van der Waals surface area contributed by atoms with E-state index in [1.165, 1.54) is 12.3 Å². The molecule has 0 N–H and O–H groups in total. The summed E-state index contributed by atoms with van der Waals surface area (Å²) < 4.78 is 37.3. The van der Waals surface area contributed by atoms with Crippen molar-refractivity contribution in [3.8, 4) is 17.5 Å². The van der Waals surface area contributed by atoms with Gasteiger partial charge in [-0.25, -0.2) is 13.8 Å². The predicted molar refractivity (Wildman–Crippen MR) is 86.3 cm³/mol. The zero-order chi connectivity index (χ0) is 17.3. The van der Waals surface area contributed by atoms with Gasteiger partial charge in [-0.15, -0.1) is 0 Å². The van der Waals surface area contributed by atoms with Crippen molar-refractivity contribution in [2.45, 2.75) is 13.3 Å². The Kier molecular flexibility index (Phi) is 4.53. The largest absolute Gasteiger partial charge is 0.482 e. The van der Waals surface area contributed by atoms with Crippen LogP contribution in [0.1, 0.15) is 5.69 Å². The van der Waals surface area contributed by atoms with Gasteiger partial charge in [0.05, 0.1) is 5.02 Å². The highest BCUT2D eigenvalue weighted by Crippen LogP contribution is 2.32. The lowest BCUT2D eigenvalue weighted by atomic mass is 10.3. The second-order valence-corrected chi connectivity index (χ2v) is 5.60. The van der Waals surface area contributed by atoms with Crippen molar-refractivity contribution in [2.75, 3.05) is 6.61 Å². The summed E-state index contributed by atoms with van der Waals surface area (Å²) in [6.45, 7) is 1.20. The molecule has 0 fully saturated rings. The molecule has 0 spiro atoms. The number of pyridine rings is 2. The third kappa shape index (κ3) is 3.41. The standard InChI is InChI=1S/C16H14ClF2N3O2/c1-9-5-10-3-4-14(21-15(10)22(9)2)24-16-12(23-8-13(18)19)6-11(17)7-20-16/h3-7,13H,8H2,1-2H3. The molecule has 0 saturated carbocycles. The second kappa shape index (κ2) is 6.60. The van der Waals surface area contributed by atoms with Crippen LogP contribution in [0.5, 0.6) is 17.5 Å². The van der Waals surface area contributed by atoms with Crippen molar-refractivity contribution in [3.63, 3.8) is 0 Å². The average Bonchev–Trinajstić information content (AvgIpc) is 2.82. The van der Waals surface area contributed by atoms with Crippen LogP contribution >= 0.6 is 11.6 Å². The zero-order valence-electron chi connectivity index (χ0n) is 13.0. The van der Waals surface area contributed by atoms with Crippen LogP contribution in [-0.4, -0.2) is 27.6 Å². The Morgan fingerprint density at radius 2 is 2.08 bits per heavy atom. The summed E-state index contributed by atoms with van der Waals surface area (Å²) in [5.41, 5.74) is 1.80. The molecule has 3 heterocycles. The second-order valence-electron chi connectivity index (χ2n) is 5.17. The van der Waals surface area contributed by atoms with Gasteiger partial charge in [-0.1, -0.05) is 11.6 Å². The van der Waals surface area contributed by atoms with E-state index in [1.54, 1.807) is 6.07 Å². The Balaban J connectivity index is 1.91. The molecule has 5 nitrogen and oxygen atoms in total. The molecule has 8 heteroatoms. The number of nitrogens with zero attached hydrogens (tertiary/aromatic N) is 3. The van der Waals surface area contributed by atoms with Gasteiger partial charge in [-0.05, 0) is 19.1 Å². The van der Waals surface area contributed by atoms with Crippen LogP contribution in [0.4, 0.5) is 8.78 Å². The fraction of sp³-hybridized carbons (Fsp3) is 0.250. The highest BCUT2D eigenvalue weighted by atomic mass is 35.5. The van der Waals surface area contributed by atoms with Crippen LogP contribution in [0.25, 0.3) is 11.0 Å². The number of hydrogen-bond acceptors (Lipinski definition) is 4. The van der Waals surface area contributed by atoms with Crippen molar-refractivity contribution in [1.82, 2.24) is 14.5 Å². The summed E-state index contributed by atoms with van der Waals surface area (Å²) >= 11 is 5.83. The molecular weight excluding hydrogens is 340 g/mol. The third-order valence-electron chi connectivity index (χ3n) is 3.44. The minimum atomic E-state index is -2.61. The van der Waals surface area contributed by atoms with Gasteiger partial charge in [0, 0.05) is 36.5 Å². The number of halogens is 3. The molecule has 3 aromatic heterocycles. The fourth-order valence-corrected chi connectivity index (χ4v) is 2.36. The van der Waals surface area contributed by atoms with E-state index in [-0.39, 0.29) is 22.5 Å². The highest BCUT2D eigenvalue weighted by molar-refractivity contribution is 6.30. The quantitative estimate of drug-likeness (QED) is 0.683. The van der Waals surface area contributed by atoms with Gasteiger partial charge in [-0.3, -0.25) is 0 Å². The summed E-state index contributed by atoms with van der Waals surface area (Å²) in [6, 6.07) is 6.91. The fourth-order valence-electron chi connectivity index (χ4n) is 2.21. The maximum absolute atomic E-state index is 12.4. The molecule has 0 atom stereocenters. The Bertz CT molecular complexity index is 883. The van der Waals surface area contributed by atoms with Crippen LogP contribution in [0.15, 0.2) is 30.5 Å². The lowest BCUT2D eigenvalue weighted by molar-refractivity contribution is 0.0804. The summed E-state index contributed by atoms with van der Waals surface area (Å²) in [5, 5.41) is 1.23. The van der Waals surface area contributed by atoms with Gasteiger partial charge in [0.15, 0.2) is 5.75 Å². The molecule has 24 heavy (non-hydrogen) atoms. The molecular formula is C16H14ClF2N3O2. The minimum absolute atomic E-state index is 0.0258. The van der Waals surface area contributed by atoms with Crippen molar-refractivity contribution in [3.05, 3.63) is 41.2 Å². The number of rotatable bonds is 5. The third-order valence-corrected chi connectivity index (χ3v) is 3.65. The molecule has 0 bridgehead atoms. The lowest BCUT2D eigenvalue weighted by Crippen LogP contribution is -2.08. The first-order valence-electron chi connectivity index (χ1n) is 7.11. The van der Waals surface area contributed by atoms with Crippen LogP contribution in [0, 0.1) is 6.92 Å². The zero-order valence-corrected chi connectivity index (χ0v) is 13.7. The van der Waals surface area contributed by atoms with E-state index in [9.17, 15) is 8.78 Å². The van der Waals surface area contributed by atoms with Gasteiger partial charge >= 0.3 is 0 Å². The summed E-state index contributed by atoms with van der Waals surface area (Å²) in [6.07, 6.45) is -1.27. The monoisotopic (exact) mass is 353 g/mol. The first-order valence-corrected chi connectivity index (χ1v) is 7.49. The Hall–Kier alpha value is -2.41. The van der Waals surface area contributed by atoms with Gasteiger partial charge in [0.2, 0.25) is 5.88 Å². The molecule has 0 aliphatic heterocycles. The highest BCUT2D eigenvalue weighted by Gasteiger charge is 2.14. The summed E-state index contributed by atoms with van der Waals surface area (Å²) in [4.78, 5) is 8.40. The first-order chi connectivity index (χ1) is 11.4. The molecule has 3 aromatic rings. The van der Waals surface area contributed by atoms with Gasteiger partial charge in [-0.2, -0.15) is 4.98 Å². The number of alkyl halides is 2. The maximum Gasteiger partial charge on any atom is 0.272 e. The number of aryl methyl sites for hydroxylation is 2. The molecule has 0 aromatic carbocycles. The van der Waals surface area contributed by atoms with Gasteiger partial charge in [0.25, 0.3) is 12.3 Å². The Morgan fingerprint density at radius 3 is 2.83 bits per heavy atom. The van der Waals surface area contributed by atoms with Crippen LogP contribution in [-0.2, 0) is 7.05 Å². The van der Waals surface area contributed by atoms with Crippen molar-refractivity contribution < 1.29 is 18.3 Å². The van der Waals surface area contributed by atoms with Crippen molar-refractivity contribution >= 4 is 22.6 Å². The normalized spacial score (nSPS) is 11.2. The number of ether oxygens (including phenoxy) is 2. The van der Waals surface area contributed by atoms with E-state index in [0.29, 0.717) is 0 Å². The topological polar surface area (TPSA) is 49.2 Å². The van der Waals surface area contributed by atoms with Crippen LogP contribution in [0.3, 0.4) is 0 Å². The number of fused-ring (bicyclic) bond motifs is 1. The first kappa shape index (κ1) is 16.4. The van der Waals surface area contributed by atoms with Crippen molar-refractivity contribution in [1.29, 1.82) is 0 Å². The number of hydrogen-bond donors (Lipinski definition) is 0. The van der Waals surface area contributed by atoms with E-state index < -0.39 is 13.0 Å². The molecule has 0 radical (unpaired) electrons. The summed E-state index contributed by atoms with van der Waals surface area (Å²) in [7, 11) is 1.90. The van der Waals surface area contributed by atoms with E-state index in [4.69, 9.17) is 21.1 Å².